The lowest BCUT2D eigenvalue weighted by molar-refractivity contribution is -0.119. The van der Waals surface area contributed by atoms with Crippen LogP contribution in [0.25, 0.3) is 0 Å². The van der Waals surface area contributed by atoms with Gasteiger partial charge in [-0.2, -0.15) is 0 Å². The van der Waals surface area contributed by atoms with Crippen LogP contribution in [0.2, 0.25) is 0 Å². The Morgan fingerprint density at radius 3 is 3.00 bits per heavy atom. The molecule has 0 spiro atoms. The molecule has 1 fully saturated rings. The normalized spacial score (nSPS) is 18.3. The maximum Gasteiger partial charge on any atom is 0.217 e. The highest BCUT2D eigenvalue weighted by Gasteiger charge is 2.27. The largest absolute Gasteiger partial charge is 0.490 e. The number of nitrogens with two attached hydrogens (primary N) is 1. The van der Waals surface area contributed by atoms with Gasteiger partial charge in [-0.3, -0.25) is 4.79 Å². The number of nitrogen functional groups attached to an aromatic ring is 1. The molecule has 0 aromatic carbocycles. The van der Waals surface area contributed by atoms with E-state index in [1.807, 2.05) is 4.90 Å². The minimum Gasteiger partial charge on any atom is -0.490 e. The lowest BCUT2D eigenvalue weighted by Crippen LogP contribution is -2.35. The predicted octanol–water partition coefficient (Wildman–Crippen LogP) is -0.514. The van der Waals surface area contributed by atoms with Crippen LogP contribution in [0.5, 0.6) is 5.75 Å². The number of methoxy groups -OCH3 is 1. The zero-order valence-electron chi connectivity index (χ0n) is 11.0. The molecular weight excluding hydrogens is 248 g/mol. The Labute approximate surface area is 111 Å². The molecule has 4 N–H and O–H groups in total. The van der Waals surface area contributed by atoms with Gasteiger partial charge in [-0.25, -0.2) is 15.8 Å². The summed E-state index contributed by atoms with van der Waals surface area (Å²) >= 11 is 0. The SMILES string of the molecule is COc1c(NN)ncnc1N1CCC(NC(C)=O)C1. The summed E-state index contributed by atoms with van der Waals surface area (Å²) in [6.45, 7) is 3.00. The second kappa shape index (κ2) is 5.70. The topological polar surface area (TPSA) is 105 Å². The van der Waals surface area contributed by atoms with Gasteiger partial charge in [0.15, 0.2) is 11.6 Å². The number of hydrogen-bond acceptors (Lipinski definition) is 7. The third kappa shape index (κ3) is 2.84. The van der Waals surface area contributed by atoms with Gasteiger partial charge in [0, 0.05) is 26.1 Å². The highest BCUT2D eigenvalue weighted by molar-refractivity contribution is 5.73. The van der Waals surface area contributed by atoms with Gasteiger partial charge in [0.1, 0.15) is 6.33 Å². The van der Waals surface area contributed by atoms with Crippen LogP contribution in [0.15, 0.2) is 6.33 Å². The van der Waals surface area contributed by atoms with E-state index in [-0.39, 0.29) is 11.9 Å². The standard InChI is InChI=1S/C11H18N6O2/c1-7(18)15-8-3-4-17(5-8)11-9(19-2)10(16-12)13-6-14-11/h6,8H,3-5,12H2,1-2H3,(H,15,18)(H,13,14,16). The van der Waals surface area contributed by atoms with Crippen LogP contribution in [0.1, 0.15) is 13.3 Å². The molecule has 1 aliphatic heterocycles. The molecule has 8 nitrogen and oxygen atoms in total. The molecule has 1 saturated heterocycles. The van der Waals surface area contributed by atoms with Crippen LogP contribution in [0.4, 0.5) is 11.6 Å². The Hall–Kier alpha value is -2.09. The first kappa shape index (κ1) is 13.3. The smallest absolute Gasteiger partial charge is 0.217 e. The highest BCUT2D eigenvalue weighted by Crippen LogP contribution is 2.33. The molecule has 1 aromatic heterocycles. The van der Waals surface area contributed by atoms with E-state index in [2.05, 4.69) is 20.7 Å². The Morgan fingerprint density at radius 2 is 2.37 bits per heavy atom. The number of amides is 1. The summed E-state index contributed by atoms with van der Waals surface area (Å²) in [6.07, 6.45) is 2.30. The Bertz CT molecular complexity index is 466. The number of nitrogens with zero attached hydrogens (tertiary/aromatic N) is 3. The average Bonchev–Trinajstić information content (AvgIpc) is 2.85. The van der Waals surface area contributed by atoms with Crippen molar-refractivity contribution < 1.29 is 9.53 Å². The average molecular weight is 266 g/mol. The number of hydrogen-bond donors (Lipinski definition) is 3. The van der Waals surface area contributed by atoms with E-state index >= 15 is 0 Å². The van der Waals surface area contributed by atoms with E-state index in [4.69, 9.17) is 10.6 Å². The van der Waals surface area contributed by atoms with Gasteiger partial charge in [-0.15, -0.1) is 0 Å². The fraction of sp³-hybridized carbons (Fsp3) is 0.545. The summed E-state index contributed by atoms with van der Waals surface area (Å²) in [5.74, 6) is 7.00. The summed E-state index contributed by atoms with van der Waals surface area (Å²) in [7, 11) is 1.55. The Balaban J connectivity index is 2.17. The molecule has 0 saturated carbocycles. The number of anilines is 2. The maximum atomic E-state index is 11.1. The van der Waals surface area contributed by atoms with Crippen molar-refractivity contribution in [1.29, 1.82) is 0 Å². The number of carbonyl (C=O) groups is 1. The van der Waals surface area contributed by atoms with Crippen molar-refractivity contribution in [3.05, 3.63) is 6.33 Å². The summed E-state index contributed by atoms with van der Waals surface area (Å²) in [6, 6.07) is 0.131. The Kier molecular flexibility index (Phi) is 4.00. The van der Waals surface area contributed by atoms with Crippen molar-refractivity contribution in [2.24, 2.45) is 5.84 Å². The summed E-state index contributed by atoms with van der Waals surface area (Å²) in [5, 5.41) is 2.90. The van der Waals surface area contributed by atoms with Crippen molar-refractivity contribution in [2.45, 2.75) is 19.4 Å². The molecule has 0 aliphatic carbocycles. The minimum absolute atomic E-state index is 0.0224. The lowest BCUT2D eigenvalue weighted by atomic mass is 10.2. The predicted molar refractivity (Wildman–Crippen MR) is 70.8 cm³/mol. The molecule has 8 heteroatoms. The number of rotatable bonds is 4. The number of aromatic nitrogens is 2. The molecule has 19 heavy (non-hydrogen) atoms. The second-order valence-electron chi connectivity index (χ2n) is 4.36. The van der Waals surface area contributed by atoms with Gasteiger partial charge in [0.2, 0.25) is 11.7 Å². The molecular formula is C11H18N6O2. The quantitative estimate of drug-likeness (QED) is 0.497. The number of hydrazine groups is 1. The zero-order chi connectivity index (χ0) is 13.8. The first-order valence-corrected chi connectivity index (χ1v) is 6.03. The molecule has 1 atom stereocenters. The van der Waals surface area contributed by atoms with E-state index < -0.39 is 0 Å². The van der Waals surface area contributed by atoms with Crippen LogP contribution < -0.4 is 26.2 Å². The van der Waals surface area contributed by atoms with Crippen LogP contribution in [0.3, 0.4) is 0 Å². The molecule has 1 aliphatic rings. The summed E-state index contributed by atoms with van der Waals surface area (Å²) in [4.78, 5) is 21.3. The zero-order valence-corrected chi connectivity index (χ0v) is 11.0. The fourth-order valence-corrected chi connectivity index (χ4v) is 2.24. The van der Waals surface area contributed by atoms with Crippen LogP contribution >= 0.6 is 0 Å². The van der Waals surface area contributed by atoms with E-state index in [1.165, 1.54) is 13.3 Å². The molecule has 0 bridgehead atoms. The second-order valence-corrected chi connectivity index (χ2v) is 4.36. The van der Waals surface area contributed by atoms with Gasteiger partial charge in [0.05, 0.1) is 7.11 Å². The third-order valence-corrected chi connectivity index (χ3v) is 3.02. The fourth-order valence-electron chi connectivity index (χ4n) is 2.24. The van der Waals surface area contributed by atoms with Crippen molar-refractivity contribution >= 4 is 17.5 Å². The van der Waals surface area contributed by atoms with Gasteiger partial charge >= 0.3 is 0 Å². The van der Waals surface area contributed by atoms with Crippen molar-refractivity contribution in [2.75, 3.05) is 30.5 Å². The number of nitrogens with one attached hydrogen (secondary N) is 2. The van der Waals surface area contributed by atoms with Crippen LogP contribution in [0, 0.1) is 0 Å². The first-order chi connectivity index (χ1) is 9.15. The molecule has 2 heterocycles. The van der Waals surface area contributed by atoms with E-state index in [0.29, 0.717) is 23.9 Å². The molecule has 2 rings (SSSR count). The summed E-state index contributed by atoms with van der Waals surface area (Å²) < 4.78 is 5.30. The van der Waals surface area contributed by atoms with E-state index in [9.17, 15) is 4.79 Å². The molecule has 1 aromatic rings. The molecule has 104 valence electrons. The maximum absolute atomic E-state index is 11.1. The van der Waals surface area contributed by atoms with E-state index in [0.717, 1.165) is 13.0 Å². The van der Waals surface area contributed by atoms with Crippen LogP contribution in [-0.2, 0) is 4.79 Å². The summed E-state index contributed by atoms with van der Waals surface area (Å²) in [5.41, 5.74) is 2.48. The Morgan fingerprint density at radius 1 is 1.58 bits per heavy atom. The molecule has 1 unspecified atom stereocenters. The van der Waals surface area contributed by atoms with Gasteiger partial charge in [-0.05, 0) is 6.42 Å². The third-order valence-electron chi connectivity index (χ3n) is 3.02. The van der Waals surface area contributed by atoms with Gasteiger partial charge in [0.25, 0.3) is 0 Å². The van der Waals surface area contributed by atoms with Gasteiger partial charge in [-0.1, -0.05) is 0 Å². The first-order valence-electron chi connectivity index (χ1n) is 6.03. The van der Waals surface area contributed by atoms with Crippen molar-refractivity contribution in [1.82, 2.24) is 15.3 Å². The monoisotopic (exact) mass is 266 g/mol. The van der Waals surface area contributed by atoms with Crippen molar-refractivity contribution in [3.63, 3.8) is 0 Å². The lowest BCUT2D eigenvalue weighted by Gasteiger charge is -2.20. The van der Waals surface area contributed by atoms with Crippen molar-refractivity contribution in [3.8, 4) is 5.75 Å². The number of carbonyl (C=O) groups excluding carboxylic acids is 1. The molecule has 1 amide bonds. The van der Waals surface area contributed by atoms with Gasteiger partial charge < -0.3 is 20.4 Å². The van der Waals surface area contributed by atoms with E-state index in [1.54, 1.807) is 7.11 Å². The number of ether oxygens (including phenoxy) is 1. The molecule has 0 radical (unpaired) electrons. The minimum atomic E-state index is -0.0224. The highest BCUT2D eigenvalue weighted by atomic mass is 16.5. The van der Waals surface area contributed by atoms with Crippen LogP contribution in [-0.4, -0.2) is 42.1 Å².